The van der Waals surface area contributed by atoms with E-state index in [0.29, 0.717) is 21.8 Å². The Morgan fingerprint density at radius 2 is 1.73 bits per heavy atom. The third-order valence-electron chi connectivity index (χ3n) is 6.01. The molecule has 2 amide bonds. The number of imidazole rings is 1. The highest BCUT2D eigenvalue weighted by molar-refractivity contribution is 7.89. The SMILES string of the molecule is CCc1nc2cc(C(N)=O)c(Cl)cc2n1-c1ccc(CCN(C(=O)[O-])S(=O)(=O)c2ccc(C)cc2)cc1. The number of aromatic nitrogens is 2. The fraction of sp³-hybridized carbons (Fsp3) is 0.192. The van der Waals surface area contributed by atoms with Crippen LogP contribution in [0, 0.1) is 6.92 Å². The smallest absolute Gasteiger partial charge is 0.265 e. The van der Waals surface area contributed by atoms with Gasteiger partial charge in [-0.2, -0.15) is 0 Å². The van der Waals surface area contributed by atoms with Crippen molar-refractivity contribution in [3.8, 4) is 5.69 Å². The number of carbonyl (C=O) groups excluding carboxylic acids is 2. The van der Waals surface area contributed by atoms with Gasteiger partial charge in [0.2, 0.25) is 5.91 Å². The van der Waals surface area contributed by atoms with Crippen molar-refractivity contribution in [2.24, 2.45) is 5.73 Å². The number of primary amides is 1. The lowest BCUT2D eigenvalue weighted by Gasteiger charge is -2.24. The van der Waals surface area contributed by atoms with Crippen molar-refractivity contribution in [3.63, 3.8) is 0 Å². The Labute approximate surface area is 219 Å². The Morgan fingerprint density at radius 1 is 1.08 bits per heavy atom. The second kappa shape index (κ2) is 10.2. The van der Waals surface area contributed by atoms with Gasteiger partial charge in [-0.1, -0.05) is 48.4 Å². The largest absolute Gasteiger partial charge is 0.529 e. The average Bonchev–Trinajstić information content (AvgIpc) is 3.21. The molecule has 0 bridgehead atoms. The number of nitrogens with zero attached hydrogens (tertiary/aromatic N) is 3. The number of carbonyl (C=O) groups is 2. The van der Waals surface area contributed by atoms with E-state index in [1.165, 1.54) is 12.1 Å². The first-order valence-electron chi connectivity index (χ1n) is 11.4. The number of benzene rings is 3. The first-order chi connectivity index (χ1) is 17.5. The van der Waals surface area contributed by atoms with Crippen LogP contribution in [-0.4, -0.2) is 40.8 Å². The van der Waals surface area contributed by atoms with Crippen molar-refractivity contribution < 1.29 is 23.1 Å². The number of amides is 2. The van der Waals surface area contributed by atoms with Crippen molar-refractivity contribution in [2.45, 2.75) is 31.6 Å². The zero-order valence-corrected chi connectivity index (χ0v) is 21.7. The topological polar surface area (TPSA) is 138 Å². The van der Waals surface area contributed by atoms with E-state index < -0.39 is 22.0 Å². The number of hydrogen-bond donors (Lipinski definition) is 1. The lowest BCUT2D eigenvalue weighted by Crippen LogP contribution is -2.45. The first kappa shape index (κ1) is 26.2. The minimum Gasteiger partial charge on any atom is -0.529 e. The van der Waals surface area contributed by atoms with Gasteiger partial charge in [-0.25, -0.2) is 13.4 Å². The Bertz CT molecular complexity index is 1600. The highest BCUT2D eigenvalue weighted by atomic mass is 35.5. The molecule has 0 saturated heterocycles. The zero-order valence-electron chi connectivity index (χ0n) is 20.1. The van der Waals surface area contributed by atoms with Crippen molar-refractivity contribution >= 4 is 44.7 Å². The maximum Gasteiger partial charge on any atom is 0.265 e. The maximum absolute atomic E-state index is 12.9. The fourth-order valence-corrected chi connectivity index (χ4v) is 5.56. The van der Waals surface area contributed by atoms with E-state index in [1.807, 2.05) is 23.6 Å². The molecule has 4 aromatic rings. The lowest BCUT2D eigenvalue weighted by atomic mass is 10.1. The summed E-state index contributed by atoms with van der Waals surface area (Å²) in [6.07, 6.45) is -1.03. The summed E-state index contributed by atoms with van der Waals surface area (Å²) < 4.78 is 28.0. The number of carboxylic acid groups (broad SMARTS) is 1. The van der Waals surface area contributed by atoms with Crippen molar-refractivity contribution in [3.05, 3.63) is 88.2 Å². The molecule has 0 aliphatic heterocycles. The molecular weight excluding hydrogens is 516 g/mol. The normalized spacial score (nSPS) is 11.5. The van der Waals surface area contributed by atoms with Gasteiger partial charge < -0.3 is 15.6 Å². The molecule has 1 aromatic heterocycles. The summed E-state index contributed by atoms with van der Waals surface area (Å²) in [6, 6.07) is 16.4. The number of hydrogen-bond acceptors (Lipinski definition) is 6. The van der Waals surface area contributed by atoms with Gasteiger partial charge in [0.15, 0.2) is 6.09 Å². The van der Waals surface area contributed by atoms with Crippen LogP contribution in [0.1, 0.15) is 34.2 Å². The number of aryl methyl sites for hydroxylation is 2. The molecule has 1 heterocycles. The van der Waals surface area contributed by atoms with E-state index in [9.17, 15) is 23.1 Å². The molecule has 0 aliphatic carbocycles. The summed E-state index contributed by atoms with van der Waals surface area (Å²) in [4.78, 5) is 27.8. The van der Waals surface area contributed by atoms with Crippen LogP contribution in [0.25, 0.3) is 16.7 Å². The third-order valence-corrected chi connectivity index (χ3v) is 8.10. The number of halogens is 1. The number of rotatable bonds is 8. The van der Waals surface area contributed by atoms with Gasteiger partial charge >= 0.3 is 0 Å². The van der Waals surface area contributed by atoms with Crippen LogP contribution in [0.3, 0.4) is 0 Å². The monoisotopic (exact) mass is 539 g/mol. The second-order valence-electron chi connectivity index (χ2n) is 8.47. The van der Waals surface area contributed by atoms with Gasteiger partial charge in [0, 0.05) is 18.7 Å². The van der Waals surface area contributed by atoms with E-state index in [2.05, 4.69) is 4.98 Å². The molecule has 0 spiro atoms. The summed E-state index contributed by atoms with van der Waals surface area (Å²) >= 11 is 6.27. The van der Waals surface area contributed by atoms with Gasteiger partial charge in [0.25, 0.3) is 10.0 Å². The molecule has 192 valence electrons. The lowest BCUT2D eigenvalue weighted by molar-refractivity contribution is -0.259. The molecule has 0 atom stereocenters. The van der Waals surface area contributed by atoms with Crippen LogP contribution in [0.2, 0.25) is 5.02 Å². The van der Waals surface area contributed by atoms with Crippen molar-refractivity contribution in [1.82, 2.24) is 13.9 Å². The molecule has 0 aliphatic rings. The Hall–Kier alpha value is -3.89. The molecule has 2 N–H and O–H groups in total. The van der Waals surface area contributed by atoms with Crippen LogP contribution in [-0.2, 0) is 22.9 Å². The van der Waals surface area contributed by atoms with Gasteiger partial charge in [-0.15, -0.1) is 0 Å². The van der Waals surface area contributed by atoms with Crippen LogP contribution in [0.15, 0.2) is 65.6 Å². The summed E-state index contributed by atoms with van der Waals surface area (Å²) in [5.74, 6) is 0.103. The summed E-state index contributed by atoms with van der Waals surface area (Å²) in [5, 5.41) is 11.9. The first-order valence-corrected chi connectivity index (χ1v) is 13.2. The standard InChI is InChI=1S/C26H25ClN4O5S/c1-3-24-29-22-14-20(25(28)32)21(27)15-23(22)31(24)18-8-6-17(7-9-18)12-13-30(26(33)34)37(35,36)19-10-4-16(2)5-11-19/h4-11,14-15H,3,12-13H2,1-2H3,(H2,28,32)(H,33,34)/p-1. The van der Waals surface area contributed by atoms with E-state index in [4.69, 9.17) is 17.3 Å². The molecule has 9 nitrogen and oxygen atoms in total. The molecule has 4 rings (SSSR count). The predicted molar refractivity (Wildman–Crippen MR) is 138 cm³/mol. The Morgan fingerprint density at radius 3 is 2.30 bits per heavy atom. The van der Waals surface area contributed by atoms with Crippen LogP contribution in [0.4, 0.5) is 4.79 Å². The minimum atomic E-state index is -4.26. The summed E-state index contributed by atoms with van der Waals surface area (Å²) in [5.41, 5.74) is 9.22. The van der Waals surface area contributed by atoms with E-state index in [1.54, 1.807) is 43.3 Å². The third kappa shape index (κ3) is 5.16. The van der Waals surface area contributed by atoms with Crippen LogP contribution in [0.5, 0.6) is 0 Å². The number of sulfonamides is 1. The maximum atomic E-state index is 12.9. The Kier molecular flexibility index (Phi) is 7.24. The molecule has 3 aromatic carbocycles. The van der Waals surface area contributed by atoms with Crippen molar-refractivity contribution in [1.29, 1.82) is 0 Å². The Balaban J connectivity index is 1.60. The van der Waals surface area contributed by atoms with Gasteiger partial charge in [-0.05, 0) is 55.3 Å². The van der Waals surface area contributed by atoms with E-state index in [0.717, 1.165) is 22.6 Å². The molecule has 0 unspecified atom stereocenters. The fourth-order valence-electron chi connectivity index (χ4n) is 4.05. The second-order valence-corrected chi connectivity index (χ2v) is 10.7. The zero-order chi connectivity index (χ0) is 26.9. The highest BCUT2D eigenvalue weighted by Gasteiger charge is 2.24. The quantitative estimate of drug-likeness (QED) is 0.365. The van der Waals surface area contributed by atoms with Gasteiger partial charge in [-0.3, -0.25) is 13.7 Å². The molecule has 11 heteroatoms. The number of fused-ring (bicyclic) bond motifs is 1. The molecule has 0 radical (unpaired) electrons. The number of nitrogens with two attached hydrogens (primary N) is 1. The minimum absolute atomic E-state index is 0.116. The predicted octanol–water partition coefficient (Wildman–Crippen LogP) is 3.23. The molecule has 0 saturated carbocycles. The van der Waals surface area contributed by atoms with E-state index >= 15 is 0 Å². The molecule has 0 fully saturated rings. The average molecular weight is 540 g/mol. The van der Waals surface area contributed by atoms with Crippen molar-refractivity contribution in [2.75, 3.05) is 6.54 Å². The highest BCUT2D eigenvalue weighted by Crippen LogP contribution is 2.28. The van der Waals surface area contributed by atoms with Crippen LogP contribution >= 0.6 is 11.6 Å². The van der Waals surface area contributed by atoms with Gasteiger partial charge in [0.1, 0.15) is 5.82 Å². The molecule has 37 heavy (non-hydrogen) atoms. The summed E-state index contributed by atoms with van der Waals surface area (Å²) in [7, 11) is -4.26. The van der Waals surface area contributed by atoms with Crippen LogP contribution < -0.4 is 10.8 Å². The molecular formula is C26H24ClN4O5S-. The van der Waals surface area contributed by atoms with Gasteiger partial charge in [0.05, 0.1) is 26.5 Å². The summed E-state index contributed by atoms with van der Waals surface area (Å²) in [6.45, 7) is 3.46. The van der Waals surface area contributed by atoms with E-state index in [-0.39, 0.29) is 28.4 Å².